The van der Waals surface area contributed by atoms with Crippen molar-refractivity contribution in [2.24, 2.45) is 0 Å². The molecular formula is C10H25BF3KN2O2. The van der Waals surface area contributed by atoms with Crippen LogP contribution < -0.4 is 56.7 Å². The summed E-state index contributed by atoms with van der Waals surface area (Å²) in [6, 6.07) is 0. The van der Waals surface area contributed by atoms with Gasteiger partial charge in [-0.3, -0.25) is 14.1 Å². The Morgan fingerprint density at radius 2 is 1.53 bits per heavy atom. The topological polar surface area (TPSA) is 41.6 Å². The van der Waals surface area contributed by atoms with Crippen LogP contribution in [0.5, 0.6) is 0 Å². The van der Waals surface area contributed by atoms with Gasteiger partial charge in [-0.05, 0) is 20.8 Å². The van der Waals surface area contributed by atoms with Gasteiger partial charge in [-0.25, -0.2) is 4.79 Å². The van der Waals surface area contributed by atoms with Gasteiger partial charge in [0.25, 0.3) is 0 Å². The van der Waals surface area contributed by atoms with Crippen molar-refractivity contribution >= 4 is 13.9 Å². The van der Waals surface area contributed by atoms with Gasteiger partial charge in [0, 0.05) is 26.2 Å². The first-order valence-electron chi connectivity index (χ1n) is 5.25. The minimum absolute atomic E-state index is 0. The minimum atomic E-state index is -0.387. The summed E-state index contributed by atoms with van der Waals surface area (Å²) in [5.74, 6) is 0. The average molecular weight is 312 g/mol. The van der Waals surface area contributed by atoms with E-state index in [-0.39, 0.29) is 78.6 Å². The van der Waals surface area contributed by atoms with Crippen molar-refractivity contribution in [3.05, 3.63) is 0 Å². The molecule has 1 fully saturated rings. The van der Waals surface area contributed by atoms with Gasteiger partial charge in [0.15, 0.2) is 0 Å². The maximum absolute atomic E-state index is 11.5. The number of carbonyl (C=O) groups excluding carboxylic acids is 1. The third-order valence-electron chi connectivity index (χ3n) is 1.77. The Labute approximate surface area is 158 Å². The molecule has 0 saturated carbocycles. The van der Waals surface area contributed by atoms with Crippen molar-refractivity contribution < 1.29 is 76.5 Å². The number of piperazine rings is 1. The number of rotatable bonds is 0. The Morgan fingerprint density at radius 3 is 1.84 bits per heavy atom. The van der Waals surface area contributed by atoms with Crippen LogP contribution in [-0.4, -0.2) is 50.6 Å². The maximum Gasteiger partial charge on any atom is 1.00 e. The van der Waals surface area contributed by atoms with Gasteiger partial charge in [-0.2, -0.15) is 0 Å². The Morgan fingerprint density at radius 1 is 1.16 bits per heavy atom. The van der Waals surface area contributed by atoms with Crippen LogP contribution >= 0.6 is 0 Å². The summed E-state index contributed by atoms with van der Waals surface area (Å²) >= 11 is 0. The molecule has 1 N–H and O–H groups in total. The van der Waals surface area contributed by atoms with Crippen LogP contribution in [0.1, 0.15) is 22.2 Å². The molecule has 19 heavy (non-hydrogen) atoms. The molecule has 0 aliphatic carbocycles. The van der Waals surface area contributed by atoms with Crippen LogP contribution in [-0.2, 0) is 4.74 Å². The summed E-state index contributed by atoms with van der Waals surface area (Å²) in [7, 11) is 4.50. The predicted molar refractivity (Wildman–Crippen MR) is 70.9 cm³/mol. The molecule has 1 amide bonds. The van der Waals surface area contributed by atoms with Crippen molar-refractivity contribution in [2.75, 3.05) is 26.2 Å². The van der Waals surface area contributed by atoms with E-state index in [1.807, 2.05) is 20.8 Å². The van der Waals surface area contributed by atoms with Crippen LogP contribution in [0.25, 0.3) is 0 Å². The van der Waals surface area contributed by atoms with Crippen LogP contribution in [0.2, 0.25) is 6.82 Å². The summed E-state index contributed by atoms with van der Waals surface area (Å²) in [6.45, 7) is 10.4. The Kier molecular flexibility index (Phi) is 28.2. The van der Waals surface area contributed by atoms with Gasteiger partial charge in [0.05, 0.1) is 7.85 Å². The number of hydrogen-bond donors (Lipinski definition) is 1. The van der Waals surface area contributed by atoms with Gasteiger partial charge >= 0.3 is 57.5 Å². The zero-order chi connectivity index (χ0) is 11.9. The second kappa shape index (κ2) is 16.8. The number of nitrogens with one attached hydrogen (secondary N) is 1. The van der Waals surface area contributed by atoms with Gasteiger partial charge in [-0.1, -0.05) is 6.82 Å². The molecule has 2 radical (unpaired) electrons. The van der Waals surface area contributed by atoms with Crippen LogP contribution in [0.15, 0.2) is 0 Å². The van der Waals surface area contributed by atoms with E-state index >= 15 is 0 Å². The molecule has 1 rings (SSSR count). The smallest absolute Gasteiger partial charge is 1.00 e. The summed E-state index contributed by atoms with van der Waals surface area (Å²) in [5, 5.41) is 3.18. The third-order valence-corrected chi connectivity index (χ3v) is 1.77. The minimum Gasteiger partial charge on any atom is -1.00 e. The SMILES string of the molecule is CC(C)(C)OC(=O)N1CCNCC1.F.F.F.[B]C.[H-].[K+]. The van der Waals surface area contributed by atoms with E-state index in [0.717, 1.165) is 26.2 Å². The first kappa shape index (κ1) is 31.9. The number of ether oxygens (including phenoxy) is 1. The Hall–Kier alpha value is 0.721. The molecule has 0 spiro atoms. The molecule has 1 aliphatic heterocycles. The number of amides is 1. The van der Waals surface area contributed by atoms with E-state index in [4.69, 9.17) is 4.74 Å². The molecule has 0 bridgehead atoms. The Bertz CT molecular complexity index is 209. The van der Waals surface area contributed by atoms with Gasteiger partial charge in [-0.15, -0.1) is 0 Å². The molecule has 4 nitrogen and oxygen atoms in total. The molecule has 1 saturated heterocycles. The van der Waals surface area contributed by atoms with Crippen molar-refractivity contribution in [2.45, 2.75) is 33.2 Å². The van der Waals surface area contributed by atoms with Crippen LogP contribution in [0.3, 0.4) is 0 Å². The molecular weight excluding hydrogens is 287 g/mol. The molecule has 0 aromatic heterocycles. The number of halogens is 3. The molecule has 0 aromatic rings. The fraction of sp³-hybridized carbons (Fsp3) is 0.900. The van der Waals surface area contributed by atoms with Crippen molar-refractivity contribution in [1.29, 1.82) is 0 Å². The number of carbonyl (C=O) groups is 1. The first-order valence-corrected chi connectivity index (χ1v) is 5.25. The van der Waals surface area contributed by atoms with Gasteiger partial charge in [0.2, 0.25) is 0 Å². The number of nitrogens with zero attached hydrogens (tertiary/aromatic N) is 1. The zero-order valence-electron chi connectivity index (χ0n) is 13.4. The van der Waals surface area contributed by atoms with Gasteiger partial charge < -0.3 is 16.4 Å². The largest absolute Gasteiger partial charge is 1.00 e. The van der Waals surface area contributed by atoms with Crippen LogP contribution in [0.4, 0.5) is 18.9 Å². The quantitative estimate of drug-likeness (QED) is 0.560. The molecule has 1 heterocycles. The fourth-order valence-electron chi connectivity index (χ4n) is 1.17. The van der Waals surface area contributed by atoms with Gasteiger partial charge in [0.1, 0.15) is 5.60 Å². The zero-order valence-corrected chi connectivity index (χ0v) is 15.5. The number of hydrogen-bond acceptors (Lipinski definition) is 3. The van der Waals surface area contributed by atoms with E-state index in [1.54, 1.807) is 4.90 Å². The van der Waals surface area contributed by atoms with Crippen LogP contribution in [0, 0.1) is 0 Å². The second-order valence-electron chi connectivity index (χ2n) is 4.22. The Balaban J connectivity index is -0.0000000669. The van der Waals surface area contributed by atoms with E-state index in [9.17, 15) is 4.79 Å². The fourth-order valence-corrected chi connectivity index (χ4v) is 1.17. The van der Waals surface area contributed by atoms with E-state index < -0.39 is 0 Å². The molecule has 9 heteroatoms. The van der Waals surface area contributed by atoms with Crippen molar-refractivity contribution in [3.63, 3.8) is 0 Å². The summed E-state index contributed by atoms with van der Waals surface area (Å²) < 4.78 is 5.24. The summed E-state index contributed by atoms with van der Waals surface area (Å²) in [4.78, 5) is 13.2. The normalized spacial score (nSPS) is 12.9. The predicted octanol–water partition coefficient (Wildman–Crippen LogP) is -1.40. The summed E-state index contributed by atoms with van der Waals surface area (Å²) in [5.41, 5.74) is -0.387. The monoisotopic (exact) mass is 312 g/mol. The average Bonchev–Trinajstić information content (AvgIpc) is 2.20. The molecule has 1 aliphatic rings. The standard InChI is InChI=1S/C9H18N2O2.CH3B.3FH.K.H/c1-9(2,3)13-8(12)11-6-4-10-5-7-11;1-2;;;;;/h10H,4-7H2,1-3H3;1H3;3*1H;;/q;;;;;+1;-1. The molecule has 0 aromatic carbocycles. The summed E-state index contributed by atoms with van der Waals surface area (Å²) in [6.07, 6.45) is -0.200. The second-order valence-corrected chi connectivity index (χ2v) is 4.22. The maximum atomic E-state index is 11.5. The van der Waals surface area contributed by atoms with Crippen molar-refractivity contribution in [3.8, 4) is 0 Å². The molecule has 112 valence electrons. The van der Waals surface area contributed by atoms with E-state index in [0.29, 0.717) is 0 Å². The molecule has 0 unspecified atom stereocenters. The first-order chi connectivity index (χ1) is 6.99. The molecule has 0 atom stereocenters. The van der Waals surface area contributed by atoms with Crippen molar-refractivity contribution in [1.82, 2.24) is 10.2 Å². The van der Waals surface area contributed by atoms with E-state index in [2.05, 4.69) is 13.2 Å². The third kappa shape index (κ3) is 16.7. The van der Waals surface area contributed by atoms with E-state index in [1.165, 1.54) is 6.82 Å².